The highest BCUT2D eigenvalue weighted by Crippen LogP contribution is 2.21. The van der Waals surface area contributed by atoms with Gasteiger partial charge in [0.1, 0.15) is 6.04 Å². The number of esters is 1. The Morgan fingerprint density at radius 2 is 1.70 bits per heavy atom. The summed E-state index contributed by atoms with van der Waals surface area (Å²) in [5, 5.41) is 5.98. The first-order valence-corrected chi connectivity index (χ1v) is 9.67. The van der Waals surface area contributed by atoms with E-state index in [1.807, 2.05) is 13.8 Å². The fourth-order valence-electron chi connectivity index (χ4n) is 2.38. The van der Waals surface area contributed by atoms with Crippen LogP contribution in [-0.4, -0.2) is 36.5 Å². The van der Waals surface area contributed by atoms with E-state index < -0.39 is 24.5 Å². The first-order chi connectivity index (χ1) is 12.7. The molecule has 0 unspecified atom stereocenters. The lowest BCUT2D eigenvalue weighted by molar-refractivity contribution is -0.151. The monoisotopic (exact) mass is 416 g/mol. The van der Waals surface area contributed by atoms with Gasteiger partial charge in [0, 0.05) is 11.1 Å². The topological polar surface area (TPSA) is 84.5 Å². The summed E-state index contributed by atoms with van der Waals surface area (Å²) in [5.41, 5.74) is 0.200. The van der Waals surface area contributed by atoms with Crippen LogP contribution in [0.15, 0.2) is 18.2 Å². The van der Waals surface area contributed by atoms with Gasteiger partial charge in [0.05, 0.1) is 10.6 Å². The number of hydrogen-bond donors (Lipinski definition) is 2. The number of ether oxygens (including phenoxy) is 1. The molecular weight excluding hydrogens is 391 g/mol. The van der Waals surface area contributed by atoms with Crippen LogP contribution in [0.2, 0.25) is 10.0 Å². The summed E-state index contributed by atoms with van der Waals surface area (Å²) < 4.78 is 5.08. The molecule has 1 rings (SSSR count). The molecule has 1 atom stereocenters. The average molecular weight is 417 g/mol. The lowest BCUT2D eigenvalue weighted by atomic mass is 10.0. The van der Waals surface area contributed by atoms with Gasteiger partial charge in [-0.2, -0.15) is 0 Å². The summed E-state index contributed by atoms with van der Waals surface area (Å²) in [6.07, 6.45) is 1.59. The number of amides is 2. The van der Waals surface area contributed by atoms with E-state index >= 15 is 0 Å². The molecule has 0 bridgehead atoms. The molecule has 0 aromatic heterocycles. The number of nitrogens with one attached hydrogen (secondary N) is 2. The maximum Gasteiger partial charge on any atom is 0.329 e. The Kier molecular flexibility index (Phi) is 9.60. The van der Waals surface area contributed by atoms with Crippen molar-refractivity contribution < 1.29 is 19.1 Å². The van der Waals surface area contributed by atoms with Crippen LogP contribution in [-0.2, 0) is 14.3 Å². The van der Waals surface area contributed by atoms with Gasteiger partial charge in [-0.25, -0.2) is 4.79 Å². The largest absolute Gasteiger partial charge is 0.454 e. The normalized spacial score (nSPS) is 12.0. The van der Waals surface area contributed by atoms with Gasteiger partial charge < -0.3 is 15.4 Å². The van der Waals surface area contributed by atoms with Crippen LogP contribution >= 0.6 is 23.2 Å². The van der Waals surface area contributed by atoms with Crippen molar-refractivity contribution in [1.29, 1.82) is 0 Å². The summed E-state index contributed by atoms with van der Waals surface area (Å²) in [5.74, 6) is -1.81. The Hall–Kier alpha value is -1.79. The Bertz CT molecular complexity index is 676. The van der Waals surface area contributed by atoms with E-state index in [1.54, 1.807) is 13.8 Å². The SMILES string of the molecule is CCC(CC)NC(=O)COC(=O)[C@@H](NC(=O)c1ccc(Cl)cc1Cl)C(C)C. The molecule has 1 aromatic rings. The van der Waals surface area contributed by atoms with Gasteiger partial charge >= 0.3 is 5.97 Å². The second kappa shape index (κ2) is 11.1. The molecular formula is C19H26Cl2N2O4. The van der Waals surface area contributed by atoms with Crippen molar-refractivity contribution in [2.24, 2.45) is 5.92 Å². The molecule has 2 amide bonds. The van der Waals surface area contributed by atoms with Crippen molar-refractivity contribution in [3.63, 3.8) is 0 Å². The van der Waals surface area contributed by atoms with Gasteiger partial charge in [0.15, 0.2) is 6.61 Å². The minimum absolute atomic E-state index is 0.0452. The minimum atomic E-state index is -0.912. The molecule has 0 spiro atoms. The molecule has 6 nitrogen and oxygen atoms in total. The molecule has 0 heterocycles. The van der Waals surface area contributed by atoms with Crippen LogP contribution in [0.4, 0.5) is 0 Å². The van der Waals surface area contributed by atoms with Crippen molar-refractivity contribution in [1.82, 2.24) is 10.6 Å². The molecule has 0 saturated carbocycles. The van der Waals surface area contributed by atoms with Crippen LogP contribution in [0.5, 0.6) is 0 Å². The Morgan fingerprint density at radius 3 is 2.22 bits per heavy atom. The summed E-state index contributed by atoms with van der Waals surface area (Å²) in [7, 11) is 0. The van der Waals surface area contributed by atoms with E-state index in [0.717, 1.165) is 12.8 Å². The smallest absolute Gasteiger partial charge is 0.329 e. The van der Waals surface area contributed by atoms with Gasteiger partial charge in [0.25, 0.3) is 11.8 Å². The Morgan fingerprint density at radius 1 is 1.07 bits per heavy atom. The molecule has 0 radical (unpaired) electrons. The van der Waals surface area contributed by atoms with Gasteiger partial charge in [-0.15, -0.1) is 0 Å². The van der Waals surface area contributed by atoms with Crippen LogP contribution < -0.4 is 10.6 Å². The highest BCUT2D eigenvalue weighted by molar-refractivity contribution is 6.36. The minimum Gasteiger partial charge on any atom is -0.454 e. The summed E-state index contributed by atoms with van der Waals surface area (Å²) in [4.78, 5) is 36.7. The van der Waals surface area contributed by atoms with Gasteiger partial charge in [-0.1, -0.05) is 50.9 Å². The lowest BCUT2D eigenvalue weighted by Crippen LogP contribution is -2.46. The molecule has 27 heavy (non-hydrogen) atoms. The van der Waals surface area contributed by atoms with E-state index in [0.29, 0.717) is 5.02 Å². The van der Waals surface area contributed by atoms with Crippen molar-refractivity contribution in [3.8, 4) is 0 Å². The van der Waals surface area contributed by atoms with E-state index in [9.17, 15) is 14.4 Å². The first-order valence-electron chi connectivity index (χ1n) is 8.91. The number of hydrogen-bond acceptors (Lipinski definition) is 4. The number of rotatable bonds is 9. The fourth-order valence-corrected chi connectivity index (χ4v) is 2.87. The van der Waals surface area contributed by atoms with Gasteiger partial charge in [0.2, 0.25) is 0 Å². The first kappa shape index (κ1) is 23.2. The van der Waals surface area contributed by atoms with Crippen LogP contribution in [0, 0.1) is 5.92 Å². The van der Waals surface area contributed by atoms with Crippen molar-refractivity contribution in [3.05, 3.63) is 33.8 Å². The third-order valence-corrected chi connectivity index (χ3v) is 4.63. The summed E-state index contributed by atoms with van der Waals surface area (Å²) >= 11 is 11.9. The zero-order valence-electron chi connectivity index (χ0n) is 16.0. The Balaban J connectivity index is 2.70. The Labute approximate surface area is 169 Å². The average Bonchev–Trinajstić information content (AvgIpc) is 2.61. The quantitative estimate of drug-likeness (QED) is 0.602. The van der Waals surface area contributed by atoms with E-state index in [2.05, 4.69) is 10.6 Å². The third kappa shape index (κ3) is 7.39. The molecule has 0 saturated heterocycles. The predicted octanol–water partition coefficient (Wildman–Crippen LogP) is 3.60. The number of carbonyl (C=O) groups is 3. The van der Waals surface area contributed by atoms with Crippen molar-refractivity contribution in [2.45, 2.75) is 52.6 Å². The molecule has 0 aliphatic carbocycles. The number of benzene rings is 1. The maximum absolute atomic E-state index is 12.4. The van der Waals surface area contributed by atoms with Crippen molar-refractivity contribution >= 4 is 41.0 Å². The zero-order valence-corrected chi connectivity index (χ0v) is 17.5. The van der Waals surface area contributed by atoms with Crippen LogP contribution in [0.1, 0.15) is 50.9 Å². The summed E-state index contributed by atoms with van der Waals surface area (Å²) in [6, 6.07) is 3.59. The molecule has 150 valence electrons. The highest BCUT2D eigenvalue weighted by Gasteiger charge is 2.27. The molecule has 0 fully saturated rings. The second-order valence-corrected chi connectivity index (χ2v) is 7.35. The lowest BCUT2D eigenvalue weighted by Gasteiger charge is -2.21. The van der Waals surface area contributed by atoms with Crippen LogP contribution in [0.3, 0.4) is 0 Å². The van der Waals surface area contributed by atoms with Gasteiger partial charge in [-0.3, -0.25) is 9.59 Å². The highest BCUT2D eigenvalue weighted by atomic mass is 35.5. The maximum atomic E-state index is 12.4. The summed E-state index contributed by atoms with van der Waals surface area (Å²) in [6.45, 7) is 7.06. The molecule has 8 heteroatoms. The van der Waals surface area contributed by atoms with E-state index in [-0.39, 0.29) is 28.5 Å². The third-order valence-electron chi connectivity index (χ3n) is 4.08. The molecule has 0 aliphatic heterocycles. The van der Waals surface area contributed by atoms with Crippen LogP contribution in [0.25, 0.3) is 0 Å². The fraction of sp³-hybridized carbons (Fsp3) is 0.526. The van der Waals surface area contributed by atoms with Gasteiger partial charge in [-0.05, 0) is 37.0 Å². The molecule has 1 aromatic carbocycles. The van der Waals surface area contributed by atoms with E-state index in [1.165, 1.54) is 18.2 Å². The molecule has 0 aliphatic rings. The molecule has 2 N–H and O–H groups in total. The standard InChI is InChI=1S/C19H26Cl2N2O4/c1-5-13(6-2)22-16(24)10-27-19(26)17(11(3)4)23-18(25)14-8-7-12(20)9-15(14)21/h7-9,11,13,17H,5-6,10H2,1-4H3,(H,22,24)(H,23,25)/t17-/m0/s1. The second-order valence-electron chi connectivity index (χ2n) is 6.51. The number of carbonyl (C=O) groups excluding carboxylic acids is 3. The zero-order chi connectivity index (χ0) is 20.6. The van der Waals surface area contributed by atoms with Crippen molar-refractivity contribution in [2.75, 3.05) is 6.61 Å². The number of halogens is 2. The predicted molar refractivity (Wildman–Crippen MR) is 106 cm³/mol. The van der Waals surface area contributed by atoms with E-state index in [4.69, 9.17) is 27.9 Å².